The van der Waals surface area contributed by atoms with Crippen LogP contribution in [0.25, 0.3) is 0 Å². The molecule has 1 aromatic rings. The molecule has 4 nitrogen and oxygen atoms in total. The Morgan fingerprint density at radius 3 is 2.80 bits per heavy atom. The third kappa shape index (κ3) is 4.23. The van der Waals surface area contributed by atoms with Crippen molar-refractivity contribution in [2.75, 3.05) is 25.4 Å². The zero-order valence-corrected chi connectivity index (χ0v) is 12.3. The van der Waals surface area contributed by atoms with Gasteiger partial charge >= 0.3 is 0 Å². The van der Waals surface area contributed by atoms with Gasteiger partial charge in [-0.2, -0.15) is 0 Å². The number of nitrogens with two attached hydrogens (primary N) is 1. The van der Waals surface area contributed by atoms with Gasteiger partial charge in [-0.25, -0.2) is 0 Å². The van der Waals surface area contributed by atoms with Crippen molar-refractivity contribution in [1.29, 1.82) is 0 Å². The predicted octanol–water partition coefficient (Wildman–Crippen LogP) is 1.80. The molecule has 0 aromatic heterocycles. The van der Waals surface area contributed by atoms with Crippen molar-refractivity contribution in [3.05, 3.63) is 29.8 Å². The number of carbonyl (C=O) groups is 1. The smallest absolute Gasteiger partial charge is 0.224 e. The molecule has 3 N–H and O–H groups in total. The molecule has 0 saturated carbocycles. The van der Waals surface area contributed by atoms with E-state index in [2.05, 4.69) is 17.1 Å². The molecule has 1 amide bonds. The molecule has 0 radical (unpaired) electrons. The highest BCUT2D eigenvalue weighted by molar-refractivity contribution is 5.78. The molecular weight excluding hydrogens is 250 g/mol. The van der Waals surface area contributed by atoms with Crippen molar-refractivity contribution in [2.24, 2.45) is 0 Å². The molecule has 4 heteroatoms. The Labute approximate surface area is 121 Å². The first-order valence-corrected chi connectivity index (χ1v) is 7.54. The average Bonchev–Trinajstić information content (AvgIpc) is 2.48. The number of likely N-dealkylation sites (tertiary alicyclic amines) is 1. The normalized spacial score (nSPS) is 19.8. The molecule has 1 heterocycles. The van der Waals surface area contributed by atoms with E-state index in [1.54, 1.807) is 0 Å². The number of amides is 1. The van der Waals surface area contributed by atoms with Crippen LogP contribution >= 0.6 is 0 Å². The lowest BCUT2D eigenvalue weighted by Gasteiger charge is -2.34. The summed E-state index contributed by atoms with van der Waals surface area (Å²) >= 11 is 0. The standard InChI is InChI=1S/C16H25N3O/c1-2-19-10-4-3-5-15(19)12-18-16(20)11-13-6-8-14(17)9-7-13/h6-9,15H,2-5,10-12,17H2,1H3,(H,18,20). The second-order valence-electron chi connectivity index (χ2n) is 5.50. The molecule has 1 aliphatic rings. The van der Waals surface area contributed by atoms with Gasteiger partial charge in [-0.15, -0.1) is 0 Å². The van der Waals surface area contributed by atoms with Gasteiger partial charge in [-0.1, -0.05) is 25.5 Å². The van der Waals surface area contributed by atoms with Crippen LogP contribution in [0, 0.1) is 0 Å². The number of hydrogen-bond donors (Lipinski definition) is 2. The summed E-state index contributed by atoms with van der Waals surface area (Å²) in [7, 11) is 0. The van der Waals surface area contributed by atoms with Gasteiger partial charge in [0.2, 0.25) is 5.91 Å². The van der Waals surface area contributed by atoms with Crippen LogP contribution in [0.15, 0.2) is 24.3 Å². The van der Waals surface area contributed by atoms with E-state index in [1.165, 1.54) is 19.3 Å². The first kappa shape index (κ1) is 14.9. The highest BCUT2D eigenvalue weighted by atomic mass is 16.1. The summed E-state index contributed by atoms with van der Waals surface area (Å²) in [5, 5.41) is 3.07. The Morgan fingerprint density at radius 2 is 2.10 bits per heavy atom. The molecular formula is C16H25N3O. The van der Waals surface area contributed by atoms with E-state index >= 15 is 0 Å². The number of nitrogens with zero attached hydrogens (tertiary/aromatic N) is 1. The highest BCUT2D eigenvalue weighted by Crippen LogP contribution is 2.15. The lowest BCUT2D eigenvalue weighted by molar-refractivity contribution is -0.120. The van der Waals surface area contributed by atoms with Crippen LogP contribution in [-0.4, -0.2) is 36.5 Å². The molecule has 1 unspecified atom stereocenters. The number of anilines is 1. The second kappa shape index (κ2) is 7.29. The van der Waals surface area contributed by atoms with E-state index in [0.717, 1.165) is 30.9 Å². The fourth-order valence-corrected chi connectivity index (χ4v) is 2.82. The molecule has 1 atom stereocenters. The first-order chi connectivity index (χ1) is 9.69. The maximum Gasteiger partial charge on any atom is 0.224 e. The van der Waals surface area contributed by atoms with Crippen LogP contribution in [0.5, 0.6) is 0 Å². The molecule has 1 saturated heterocycles. The highest BCUT2D eigenvalue weighted by Gasteiger charge is 2.21. The lowest BCUT2D eigenvalue weighted by atomic mass is 10.0. The second-order valence-corrected chi connectivity index (χ2v) is 5.50. The van der Waals surface area contributed by atoms with E-state index in [-0.39, 0.29) is 5.91 Å². The van der Waals surface area contributed by atoms with Gasteiger partial charge in [0.05, 0.1) is 6.42 Å². The molecule has 1 fully saturated rings. The largest absolute Gasteiger partial charge is 0.399 e. The molecule has 0 bridgehead atoms. The number of nitrogens with one attached hydrogen (secondary N) is 1. The molecule has 0 spiro atoms. The van der Waals surface area contributed by atoms with Crippen molar-refractivity contribution in [2.45, 2.75) is 38.6 Å². The minimum atomic E-state index is 0.0939. The van der Waals surface area contributed by atoms with Gasteiger partial charge in [0.15, 0.2) is 0 Å². The zero-order chi connectivity index (χ0) is 14.4. The SMILES string of the molecule is CCN1CCCCC1CNC(=O)Cc1ccc(N)cc1. The number of benzene rings is 1. The van der Waals surface area contributed by atoms with Gasteiger partial charge in [0, 0.05) is 18.3 Å². The predicted molar refractivity (Wildman–Crippen MR) is 82.5 cm³/mol. The molecule has 1 aliphatic heterocycles. The number of hydrogen-bond acceptors (Lipinski definition) is 3. The van der Waals surface area contributed by atoms with Crippen LogP contribution in [0.1, 0.15) is 31.7 Å². The molecule has 110 valence electrons. The van der Waals surface area contributed by atoms with Crippen LogP contribution in [0.3, 0.4) is 0 Å². The third-order valence-corrected chi connectivity index (χ3v) is 4.03. The Bertz CT molecular complexity index is 430. The minimum absolute atomic E-state index is 0.0939. The lowest BCUT2D eigenvalue weighted by Crippen LogP contribution is -2.46. The Morgan fingerprint density at radius 1 is 1.35 bits per heavy atom. The third-order valence-electron chi connectivity index (χ3n) is 4.03. The van der Waals surface area contributed by atoms with Crippen molar-refractivity contribution in [3.63, 3.8) is 0 Å². The average molecular weight is 275 g/mol. The van der Waals surface area contributed by atoms with E-state index in [0.29, 0.717) is 12.5 Å². The van der Waals surface area contributed by atoms with Crippen molar-refractivity contribution in [1.82, 2.24) is 10.2 Å². The van der Waals surface area contributed by atoms with Crippen molar-refractivity contribution in [3.8, 4) is 0 Å². The fraction of sp³-hybridized carbons (Fsp3) is 0.562. The quantitative estimate of drug-likeness (QED) is 0.806. The van der Waals surface area contributed by atoms with Crippen LogP contribution in [0.4, 0.5) is 5.69 Å². The van der Waals surface area contributed by atoms with E-state index in [4.69, 9.17) is 5.73 Å². The molecule has 0 aliphatic carbocycles. The summed E-state index contributed by atoms with van der Waals surface area (Å²) in [6.07, 6.45) is 4.17. The molecule has 2 rings (SSSR count). The zero-order valence-electron chi connectivity index (χ0n) is 12.3. The summed E-state index contributed by atoms with van der Waals surface area (Å²) < 4.78 is 0. The molecule has 20 heavy (non-hydrogen) atoms. The number of rotatable bonds is 5. The van der Waals surface area contributed by atoms with Gasteiger partial charge < -0.3 is 11.1 Å². The number of likely N-dealkylation sites (N-methyl/N-ethyl adjacent to an activating group) is 1. The number of carbonyl (C=O) groups excluding carboxylic acids is 1. The molecule has 1 aromatic carbocycles. The maximum absolute atomic E-state index is 12.0. The van der Waals surface area contributed by atoms with E-state index < -0.39 is 0 Å². The van der Waals surface area contributed by atoms with Crippen molar-refractivity contribution >= 4 is 11.6 Å². The van der Waals surface area contributed by atoms with Crippen LogP contribution < -0.4 is 11.1 Å². The van der Waals surface area contributed by atoms with E-state index in [1.807, 2.05) is 24.3 Å². The van der Waals surface area contributed by atoms with Crippen molar-refractivity contribution < 1.29 is 4.79 Å². The van der Waals surface area contributed by atoms with Gasteiger partial charge in [0.25, 0.3) is 0 Å². The minimum Gasteiger partial charge on any atom is -0.399 e. The van der Waals surface area contributed by atoms with Gasteiger partial charge in [-0.05, 0) is 43.6 Å². The van der Waals surface area contributed by atoms with E-state index in [9.17, 15) is 4.79 Å². The van der Waals surface area contributed by atoms with Gasteiger partial charge in [0.1, 0.15) is 0 Å². The first-order valence-electron chi connectivity index (χ1n) is 7.54. The Balaban J connectivity index is 1.78. The Hall–Kier alpha value is -1.55. The van der Waals surface area contributed by atoms with Gasteiger partial charge in [-0.3, -0.25) is 9.69 Å². The summed E-state index contributed by atoms with van der Waals surface area (Å²) in [5.74, 6) is 0.0939. The summed E-state index contributed by atoms with van der Waals surface area (Å²) in [4.78, 5) is 14.4. The van der Waals surface area contributed by atoms with Crippen LogP contribution in [0.2, 0.25) is 0 Å². The number of piperidine rings is 1. The summed E-state index contributed by atoms with van der Waals surface area (Å²) in [6.45, 7) is 5.18. The summed E-state index contributed by atoms with van der Waals surface area (Å²) in [5.41, 5.74) is 7.38. The topological polar surface area (TPSA) is 58.4 Å². The van der Waals surface area contributed by atoms with Crippen LogP contribution in [-0.2, 0) is 11.2 Å². The monoisotopic (exact) mass is 275 g/mol. The Kier molecular flexibility index (Phi) is 5.41. The number of nitrogen functional groups attached to an aromatic ring is 1. The maximum atomic E-state index is 12.0. The fourth-order valence-electron chi connectivity index (χ4n) is 2.82. The summed E-state index contributed by atoms with van der Waals surface area (Å²) in [6, 6.07) is 8.00.